The Morgan fingerprint density at radius 1 is 1.04 bits per heavy atom. The van der Waals surface area contributed by atoms with Gasteiger partial charge in [-0.15, -0.1) is 0 Å². The average Bonchev–Trinajstić information content (AvgIpc) is 2.75. The molecule has 28 heavy (non-hydrogen) atoms. The quantitative estimate of drug-likeness (QED) is 0.665. The zero-order valence-electron chi connectivity index (χ0n) is 16.6. The molecule has 1 aliphatic rings. The summed E-state index contributed by atoms with van der Waals surface area (Å²) in [5, 5.41) is 11.7. The van der Waals surface area contributed by atoms with Gasteiger partial charge in [0, 0.05) is 18.0 Å². The molecule has 1 aromatic heterocycles. The molecule has 5 nitrogen and oxygen atoms in total. The number of fused-ring (bicyclic) bond motifs is 1. The Bertz CT molecular complexity index is 967. The molecule has 2 aromatic carbocycles. The number of methoxy groups -OCH3 is 1. The van der Waals surface area contributed by atoms with E-state index < -0.39 is 0 Å². The molecule has 4 rings (SSSR count). The van der Waals surface area contributed by atoms with Gasteiger partial charge in [-0.1, -0.05) is 37.5 Å². The number of hydrogen-bond acceptors (Lipinski definition) is 5. The van der Waals surface area contributed by atoms with E-state index in [0.717, 1.165) is 23.3 Å². The Labute approximate surface area is 166 Å². The van der Waals surface area contributed by atoms with Crippen LogP contribution in [0, 0.1) is 0 Å². The zero-order valence-corrected chi connectivity index (χ0v) is 16.6. The molecule has 1 heterocycles. The lowest BCUT2D eigenvalue weighted by atomic mass is 9.94. The summed E-state index contributed by atoms with van der Waals surface area (Å²) in [7, 11) is 1.55. The summed E-state index contributed by atoms with van der Waals surface area (Å²) in [5.74, 6) is 1.99. The van der Waals surface area contributed by atoms with Gasteiger partial charge in [-0.3, -0.25) is 0 Å². The zero-order chi connectivity index (χ0) is 19.5. The largest absolute Gasteiger partial charge is 0.504 e. The minimum absolute atomic E-state index is 0.0759. The van der Waals surface area contributed by atoms with E-state index in [0.29, 0.717) is 23.2 Å². The molecule has 0 atom stereocenters. The van der Waals surface area contributed by atoms with Crippen molar-refractivity contribution in [3.05, 3.63) is 42.5 Å². The summed E-state index contributed by atoms with van der Waals surface area (Å²) in [6.45, 7) is 3.09. The van der Waals surface area contributed by atoms with Crippen molar-refractivity contribution in [2.24, 2.45) is 0 Å². The van der Waals surface area contributed by atoms with E-state index in [2.05, 4.69) is 17.9 Å². The number of hydrogen-bond donors (Lipinski definition) is 1. The standard InChI is InChI=1S/C23H27N3O2/c1-3-26(16-10-5-4-6-11-16)23-17-12-7-8-14-19(17)24-22(25-23)18-13-9-15-20(28-2)21(18)27/h7-9,12-16,27H,3-6,10-11H2,1-2H3. The van der Waals surface area contributed by atoms with Crippen molar-refractivity contribution in [2.45, 2.75) is 45.1 Å². The second kappa shape index (κ2) is 8.05. The van der Waals surface area contributed by atoms with Gasteiger partial charge in [0.25, 0.3) is 0 Å². The van der Waals surface area contributed by atoms with E-state index >= 15 is 0 Å². The number of aromatic nitrogens is 2. The average molecular weight is 377 g/mol. The minimum Gasteiger partial charge on any atom is -0.504 e. The van der Waals surface area contributed by atoms with Crippen LogP contribution in [0.4, 0.5) is 5.82 Å². The Hall–Kier alpha value is -2.82. The van der Waals surface area contributed by atoms with Crippen LogP contribution < -0.4 is 9.64 Å². The molecular formula is C23H27N3O2. The van der Waals surface area contributed by atoms with Gasteiger partial charge in [0.2, 0.25) is 0 Å². The lowest BCUT2D eigenvalue weighted by Crippen LogP contribution is -2.37. The fourth-order valence-corrected chi connectivity index (χ4v) is 4.24. The van der Waals surface area contributed by atoms with Crippen LogP contribution in [-0.2, 0) is 0 Å². The Morgan fingerprint density at radius 3 is 2.57 bits per heavy atom. The van der Waals surface area contributed by atoms with Crippen LogP contribution in [0.5, 0.6) is 11.5 Å². The Morgan fingerprint density at radius 2 is 1.82 bits per heavy atom. The van der Waals surface area contributed by atoms with E-state index in [1.165, 1.54) is 32.1 Å². The van der Waals surface area contributed by atoms with Crippen molar-refractivity contribution < 1.29 is 9.84 Å². The molecule has 1 fully saturated rings. The Balaban J connectivity index is 1.88. The molecule has 0 saturated heterocycles. The first-order valence-electron chi connectivity index (χ1n) is 10.1. The van der Waals surface area contributed by atoms with Gasteiger partial charge in [-0.2, -0.15) is 0 Å². The fraction of sp³-hybridized carbons (Fsp3) is 0.391. The van der Waals surface area contributed by atoms with E-state index in [9.17, 15) is 5.11 Å². The van der Waals surface area contributed by atoms with Gasteiger partial charge < -0.3 is 14.7 Å². The molecule has 0 radical (unpaired) electrons. The fourth-order valence-electron chi connectivity index (χ4n) is 4.24. The summed E-state index contributed by atoms with van der Waals surface area (Å²) in [6, 6.07) is 14.1. The van der Waals surface area contributed by atoms with E-state index in [-0.39, 0.29) is 5.75 Å². The predicted octanol–water partition coefficient (Wildman–Crippen LogP) is 5.17. The number of aromatic hydroxyl groups is 1. The molecule has 5 heteroatoms. The summed E-state index contributed by atoms with van der Waals surface area (Å²) in [6.07, 6.45) is 6.26. The second-order valence-corrected chi connectivity index (χ2v) is 7.32. The molecule has 0 amide bonds. The third-order valence-electron chi connectivity index (χ3n) is 5.67. The van der Waals surface area contributed by atoms with Crippen LogP contribution in [0.3, 0.4) is 0 Å². The van der Waals surface area contributed by atoms with E-state index in [4.69, 9.17) is 14.7 Å². The molecule has 1 N–H and O–H groups in total. The number of rotatable bonds is 5. The number of para-hydroxylation sites is 2. The van der Waals surface area contributed by atoms with Crippen molar-refractivity contribution in [1.29, 1.82) is 0 Å². The summed E-state index contributed by atoms with van der Waals surface area (Å²) >= 11 is 0. The van der Waals surface area contributed by atoms with Gasteiger partial charge in [0.05, 0.1) is 18.2 Å². The number of anilines is 1. The van der Waals surface area contributed by atoms with E-state index in [1.807, 2.05) is 30.3 Å². The maximum absolute atomic E-state index is 10.6. The highest BCUT2D eigenvalue weighted by Crippen LogP contribution is 2.38. The molecule has 0 unspecified atom stereocenters. The van der Waals surface area contributed by atoms with Gasteiger partial charge >= 0.3 is 0 Å². The molecule has 1 saturated carbocycles. The number of phenols is 1. The van der Waals surface area contributed by atoms with Crippen molar-refractivity contribution in [3.8, 4) is 22.9 Å². The molecule has 0 spiro atoms. The van der Waals surface area contributed by atoms with Crippen molar-refractivity contribution >= 4 is 16.7 Å². The molecule has 146 valence electrons. The molecule has 0 bridgehead atoms. The summed E-state index contributed by atoms with van der Waals surface area (Å²) < 4.78 is 5.27. The first-order chi connectivity index (χ1) is 13.7. The Kier molecular flexibility index (Phi) is 5.33. The highest BCUT2D eigenvalue weighted by molar-refractivity contribution is 5.91. The van der Waals surface area contributed by atoms with Crippen molar-refractivity contribution in [1.82, 2.24) is 9.97 Å². The number of benzene rings is 2. The van der Waals surface area contributed by atoms with Crippen molar-refractivity contribution in [3.63, 3.8) is 0 Å². The molecule has 1 aliphatic carbocycles. The van der Waals surface area contributed by atoms with Gasteiger partial charge in [0.15, 0.2) is 17.3 Å². The molecule has 0 aliphatic heterocycles. The normalized spacial score (nSPS) is 14.9. The van der Waals surface area contributed by atoms with Gasteiger partial charge in [0.1, 0.15) is 5.82 Å². The highest BCUT2D eigenvalue weighted by atomic mass is 16.5. The van der Waals surface area contributed by atoms with Crippen molar-refractivity contribution in [2.75, 3.05) is 18.6 Å². The maximum atomic E-state index is 10.6. The first-order valence-corrected chi connectivity index (χ1v) is 10.1. The number of ether oxygens (including phenoxy) is 1. The third kappa shape index (κ3) is 3.37. The predicted molar refractivity (Wildman–Crippen MR) is 113 cm³/mol. The van der Waals surface area contributed by atoms with Crippen LogP contribution in [0.15, 0.2) is 42.5 Å². The molecular weight excluding hydrogens is 350 g/mol. The maximum Gasteiger partial charge on any atom is 0.168 e. The van der Waals surface area contributed by atoms with Gasteiger partial charge in [-0.25, -0.2) is 9.97 Å². The smallest absolute Gasteiger partial charge is 0.168 e. The van der Waals surface area contributed by atoms with Crippen LogP contribution >= 0.6 is 0 Å². The highest BCUT2D eigenvalue weighted by Gasteiger charge is 2.24. The summed E-state index contributed by atoms with van der Waals surface area (Å²) in [5.41, 5.74) is 1.48. The monoisotopic (exact) mass is 377 g/mol. The van der Waals surface area contributed by atoms with Crippen LogP contribution in [0.2, 0.25) is 0 Å². The van der Waals surface area contributed by atoms with Crippen LogP contribution in [0.25, 0.3) is 22.3 Å². The lowest BCUT2D eigenvalue weighted by molar-refractivity contribution is 0.374. The molecule has 3 aromatic rings. The first kappa shape index (κ1) is 18.5. The van der Waals surface area contributed by atoms with E-state index in [1.54, 1.807) is 13.2 Å². The van der Waals surface area contributed by atoms with Crippen LogP contribution in [0.1, 0.15) is 39.0 Å². The van der Waals surface area contributed by atoms with Crippen LogP contribution in [-0.4, -0.2) is 34.8 Å². The third-order valence-corrected chi connectivity index (χ3v) is 5.67. The lowest BCUT2D eigenvalue weighted by Gasteiger charge is -2.35. The number of phenolic OH excluding ortho intramolecular Hbond substituents is 1. The second-order valence-electron chi connectivity index (χ2n) is 7.32. The number of nitrogens with zero attached hydrogens (tertiary/aromatic N) is 3. The topological polar surface area (TPSA) is 58.5 Å². The SMILES string of the molecule is CCN(c1nc(-c2cccc(OC)c2O)nc2ccccc12)C1CCCCC1. The summed E-state index contributed by atoms with van der Waals surface area (Å²) in [4.78, 5) is 12.1. The minimum atomic E-state index is 0.0759. The van der Waals surface area contributed by atoms with Gasteiger partial charge in [-0.05, 0) is 44.0 Å².